The second-order valence-electron chi connectivity index (χ2n) is 7.11. The van der Waals surface area contributed by atoms with Crippen LogP contribution in [-0.2, 0) is 6.18 Å². The molecule has 0 spiro atoms. The minimum atomic E-state index is -4.44. The van der Waals surface area contributed by atoms with E-state index in [4.69, 9.17) is 12.2 Å². The second-order valence-corrected chi connectivity index (χ2v) is 7.52. The minimum Gasteiger partial charge on any atom is -0.331 e. The Morgan fingerprint density at radius 2 is 2.04 bits per heavy atom. The average Bonchev–Trinajstić information content (AvgIpc) is 2.54. The number of fused-ring (bicyclic) bond motifs is 1. The maximum atomic E-state index is 13.0. The first-order valence-electron chi connectivity index (χ1n) is 8.16. The molecule has 3 aliphatic rings. The maximum Gasteiger partial charge on any atom is 0.418 e. The van der Waals surface area contributed by atoms with E-state index in [1.54, 1.807) is 6.21 Å². The quantitative estimate of drug-likeness (QED) is 0.450. The van der Waals surface area contributed by atoms with Crippen molar-refractivity contribution < 1.29 is 13.2 Å². The topological polar surface area (TPSA) is 36.4 Å². The molecule has 25 heavy (non-hydrogen) atoms. The van der Waals surface area contributed by atoms with Gasteiger partial charge < -0.3 is 5.32 Å². The number of nitrogens with one attached hydrogen (secondary N) is 2. The number of thiocarbonyl (C=S) groups is 1. The predicted molar refractivity (Wildman–Crippen MR) is 97.4 cm³/mol. The van der Waals surface area contributed by atoms with Gasteiger partial charge in [0.05, 0.1) is 17.5 Å². The van der Waals surface area contributed by atoms with Gasteiger partial charge in [0.1, 0.15) is 0 Å². The summed E-state index contributed by atoms with van der Waals surface area (Å²) >= 11 is 5.05. The van der Waals surface area contributed by atoms with Crippen molar-refractivity contribution in [3.8, 4) is 0 Å². The fraction of sp³-hybridized carbons (Fsp3) is 0.444. The zero-order chi connectivity index (χ0) is 18.2. The highest BCUT2D eigenvalue weighted by molar-refractivity contribution is 7.80. The number of anilines is 1. The van der Waals surface area contributed by atoms with Crippen LogP contribution in [0.3, 0.4) is 0 Å². The van der Waals surface area contributed by atoms with Crippen LogP contribution in [0.15, 0.2) is 41.0 Å². The van der Waals surface area contributed by atoms with Gasteiger partial charge in [-0.1, -0.05) is 32.1 Å². The van der Waals surface area contributed by atoms with Crippen LogP contribution in [0.2, 0.25) is 0 Å². The fourth-order valence-corrected chi connectivity index (χ4v) is 3.86. The molecule has 4 rings (SSSR count). The first-order chi connectivity index (χ1) is 11.7. The maximum absolute atomic E-state index is 13.0. The summed E-state index contributed by atoms with van der Waals surface area (Å²) in [5.41, 5.74) is 3.20. The van der Waals surface area contributed by atoms with Crippen LogP contribution in [0, 0.1) is 17.3 Å². The molecule has 134 valence electrons. The summed E-state index contributed by atoms with van der Waals surface area (Å²) in [4.78, 5) is 0. The summed E-state index contributed by atoms with van der Waals surface area (Å²) in [7, 11) is 0. The van der Waals surface area contributed by atoms with E-state index in [0.717, 1.165) is 18.4 Å². The van der Waals surface area contributed by atoms with Crippen LogP contribution in [0.1, 0.15) is 32.3 Å². The summed E-state index contributed by atoms with van der Waals surface area (Å²) in [5.74, 6) is 1.23. The molecule has 0 radical (unpaired) electrons. The van der Waals surface area contributed by atoms with E-state index in [-0.39, 0.29) is 10.8 Å². The molecule has 1 fully saturated rings. The first kappa shape index (κ1) is 17.9. The van der Waals surface area contributed by atoms with Crippen LogP contribution in [0.4, 0.5) is 18.9 Å². The Labute approximate surface area is 150 Å². The van der Waals surface area contributed by atoms with Gasteiger partial charge in [-0.15, -0.1) is 0 Å². The number of rotatable bonds is 3. The third-order valence-electron chi connectivity index (χ3n) is 5.37. The van der Waals surface area contributed by atoms with Gasteiger partial charge in [0.2, 0.25) is 0 Å². The van der Waals surface area contributed by atoms with E-state index in [0.29, 0.717) is 11.3 Å². The van der Waals surface area contributed by atoms with Crippen molar-refractivity contribution in [2.45, 2.75) is 32.9 Å². The van der Waals surface area contributed by atoms with Crippen LogP contribution in [0.5, 0.6) is 0 Å². The Hall–Kier alpha value is -1.89. The highest BCUT2D eigenvalue weighted by Gasteiger charge is 2.50. The van der Waals surface area contributed by atoms with Crippen LogP contribution in [0.25, 0.3) is 0 Å². The molecule has 2 bridgehead atoms. The monoisotopic (exact) mass is 367 g/mol. The standard InChI is InChI=1S/C18H20F3N3S/c1-17(2)12-8-7-11(14(17)9-12)10-22-24-16(25)23-15-6-4-3-5-13(15)18(19,20)21/h3-7,10,12,14H,8-9H2,1-2H3,(H2,23,24,25)/b22-10-/t12-,14+/m1/s1. The van der Waals surface area contributed by atoms with Crippen molar-refractivity contribution in [3.05, 3.63) is 41.5 Å². The highest BCUT2D eigenvalue weighted by atomic mass is 32.1. The molecule has 1 saturated carbocycles. The molecule has 1 aromatic rings. The number of alkyl halides is 3. The predicted octanol–water partition coefficient (Wildman–Crippen LogP) is 4.97. The number of halogens is 3. The summed E-state index contributed by atoms with van der Waals surface area (Å²) < 4.78 is 38.9. The summed E-state index contributed by atoms with van der Waals surface area (Å²) in [6, 6.07) is 5.20. The zero-order valence-corrected chi connectivity index (χ0v) is 14.8. The van der Waals surface area contributed by atoms with Crippen molar-refractivity contribution in [1.82, 2.24) is 5.43 Å². The molecule has 7 heteroatoms. The van der Waals surface area contributed by atoms with Crippen molar-refractivity contribution in [2.75, 3.05) is 5.32 Å². The van der Waals surface area contributed by atoms with Gasteiger partial charge in [0.15, 0.2) is 5.11 Å². The molecule has 2 N–H and O–H groups in total. The Kier molecular flexibility index (Phi) is 4.62. The molecular formula is C18H20F3N3S. The molecule has 3 nitrogen and oxygen atoms in total. The third kappa shape index (κ3) is 3.56. The van der Waals surface area contributed by atoms with Crippen LogP contribution < -0.4 is 10.7 Å². The number of hydrazone groups is 1. The molecule has 0 aromatic heterocycles. The fourth-order valence-electron chi connectivity index (χ4n) is 3.70. The summed E-state index contributed by atoms with van der Waals surface area (Å²) in [6.07, 6.45) is 1.69. The molecule has 0 amide bonds. The largest absolute Gasteiger partial charge is 0.418 e. The zero-order valence-electron chi connectivity index (χ0n) is 14.0. The Bertz CT molecular complexity index is 737. The van der Waals surface area contributed by atoms with Gasteiger partial charge in [-0.05, 0) is 60.0 Å². The third-order valence-corrected chi connectivity index (χ3v) is 5.56. The molecule has 2 atom stereocenters. The normalized spacial score (nSPS) is 24.4. The number of benzene rings is 1. The van der Waals surface area contributed by atoms with Crippen LogP contribution in [-0.4, -0.2) is 11.3 Å². The van der Waals surface area contributed by atoms with E-state index in [9.17, 15) is 13.2 Å². The smallest absolute Gasteiger partial charge is 0.331 e. The number of hydrogen-bond donors (Lipinski definition) is 2. The van der Waals surface area contributed by atoms with Gasteiger partial charge in [0.25, 0.3) is 0 Å². The molecule has 3 aliphatic carbocycles. The molecular weight excluding hydrogens is 347 g/mol. The van der Waals surface area contributed by atoms with Crippen molar-refractivity contribution in [1.29, 1.82) is 0 Å². The van der Waals surface area contributed by atoms with Gasteiger partial charge in [-0.2, -0.15) is 18.3 Å². The second kappa shape index (κ2) is 6.44. The summed E-state index contributed by atoms with van der Waals surface area (Å²) in [6.45, 7) is 4.53. The molecule has 1 aromatic carbocycles. The Morgan fingerprint density at radius 3 is 2.68 bits per heavy atom. The Balaban J connectivity index is 1.60. The van der Waals surface area contributed by atoms with Crippen molar-refractivity contribution in [3.63, 3.8) is 0 Å². The number of allylic oxidation sites excluding steroid dienone is 2. The van der Waals surface area contributed by atoms with E-state index >= 15 is 0 Å². The SMILES string of the molecule is CC1(C)[C@@H]2CC=C(/C=N\NC(=S)Nc3ccccc3C(F)(F)F)[C@@H]1C2. The molecule has 0 saturated heterocycles. The first-order valence-corrected chi connectivity index (χ1v) is 8.56. The number of para-hydroxylation sites is 1. The highest BCUT2D eigenvalue weighted by Crippen LogP contribution is 2.58. The van der Waals surface area contributed by atoms with Gasteiger partial charge >= 0.3 is 6.18 Å². The molecule has 0 aliphatic heterocycles. The van der Waals surface area contributed by atoms with Gasteiger partial charge in [-0.3, -0.25) is 5.43 Å². The lowest BCUT2D eigenvalue weighted by Gasteiger charge is -2.55. The molecule has 0 unspecified atom stereocenters. The van der Waals surface area contributed by atoms with E-state index < -0.39 is 11.7 Å². The van der Waals surface area contributed by atoms with E-state index in [2.05, 4.69) is 35.8 Å². The van der Waals surface area contributed by atoms with E-state index in [1.807, 2.05) is 0 Å². The average molecular weight is 367 g/mol. The van der Waals surface area contributed by atoms with E-state index in [1.165, 1.54) is 30.2 Å². The summed E-state index contributed by atoms with van der Waals surface area (Å²) in [5, 5.41) is 6.68. The van der Waals surface area contributed by atoms with Gasteiger partial charge in [0, 0.05) is 0 Å². The van der Waals surface area contributed by atoms with Crippen molar-refractivity contribution in [2.24, 2.45) is 22.4 Å². The van der Waals surface area contributed by atoms with Gasteiger partial charge in [-0.25, -0.2) is 0 Å². The van der Waals surface area contributed by atoms with Crippen molar-refractivity contribution >= 4 is 29.2 Å². The lowest BCUT2D eigenvalue weighted by atomic mass is 9.49. The number of nitrogens with zero attached hydrogens (tertiary/aromatic N) is 1. The number of hydrogen-bond acceptors (Lipinski definition) is 2. The molecule has 0 heterocycles. The van der Waals surface area contributed by atoms with Crippen LogP contribution >= 0.6 is 12.2 Å². The lowest BCUT2D eigenvalue weighted by Crippen LogP contribution is -2.48. The minimum absolute atomic E-state index is 0.0232. The lowest BCUT2D eigenvalue weighted by molar-refractivity contribution is -0.136. The Morgan fingerprint density at radius 1 is 1.32 bits per heavy atom.